The van der Waals surface area contributed by atoms with Crippen LogP contribution >= 0.6 is 0 Å². The summed E-state index contributed by atoms with van der Waals surface area (Å²) in [5.74, 6) is 0. The van der Waals surface area contributed by atoms with Gasteiger partial charge in [-0.2, -0.15) is 0 Å². The van der Waals surface area contributed by atoms with E-state index in [9.17, 15) is 0 Å². The zero-order valence-corrected chi connectivity index (χ0v) is 8.65. The normalized spacial score (nSPS) is 10.5. The van der Waals surface area contributed by atoms with Crippen molar-refractivity contribution in [2.75, 3.05) is 0 Å². The molecule has 0 nitrogen and oxygen atoms in total. The van der Waals surface area contributed by atoms with Gasteiger partial charge < -0.3 is 0 Å². The number of rotatable bonds is 9. The average Bonchev–Trinajstić information content (AvgIpc) is 2.10. The van der Waals surface area contributed by atoms with Crippen molar-refractivity contribution in [2.45, 2.75) is 64.7 Å². The molecule has 0 saturated carbocycles. The molecule has 0 fully saturated rings. The topological polar surface area (TPSA) is 0 Å². The Balaban J connectivity index is 2.73. The smallest absolute Gasteiger partial charge is 0.0386 e. The maximum absolute atomic E-state index is 3.79. The van der Waals surface area contributed by atoms with E-state index in [1.54, 1.807) is 0 Å². The van der Waals surface area contributed by atoms with Crippen molar-refractivity contribution in [1.82, 2.24) is 0 Å². The second-order valence-electron chi connectivity index (χ2n) is 3.49. The summed E-state index contributed by atoms with van der Waals surface area (Å²) in [6.45, 7) is 6.06. The van der Waals surface area contributed by atoms with E-state index >= 15 is 0 Å². The molecule has 0 saturated heterocycles. The van der Waals surface area contributed by atoms with E-state index in [4.69, 9.17) is 0 Å². The molecule has 0 unspecified atom stereocenters. The second-order valence-corrected chi connectivity index (χ2v) is 3.49. The van der Waals surface area contributed by atoms with Crippen LogP contribution < -0.4 is 0 Å². The minimum Gasteiger partial charge on any atom is -0.0654 e. The lowest BCUT2D eigenvalue weighted by Crippen LogP contribution is -1.80. The summed E-state index contributed by atoms with van der Waals surface area (Å²) in [7, 11) is 0. The van der Waals surface area contributed by atoms with Gasteiger partial charge in [-0.3, -0.25) is 0 Å². The van der Waals surface area contributed by atoms with Gasteiger partial charge in [0.05, 0.1) is 0 Å². The molecule has 0 heteroatoms. The molecule has 0 aliphatic carbocycles. The van der Waals surface area contributed by atoms with Crippen LogP contribution in [0.25, 0.3) is 0 Å². The van der Waals surface area contributed by atoms with Crippen molar-refractivity contribution in [1.29, 1.82) is 0 Å². The molecule has 0 bridgehead atoms. The van der Waals surface area contributed by atoms with E-state index in [1.807, 2.05) is 0 Å². The van der Waals surface area contributed by atoms with Crippen LogP contribution in [0.3, 0.4) is 0 Å². The highest BCUT2D eigenvalue weighted by molar-refractivity contribution is 4.64. The van der Waals surface area contributed by atoms with Crippen LogP contribution in [0.2, 0.25) is 0 Å². The fourth-order valence-corrected chi connectivity index (χ4v) is 1.39. The van der Waals surface area contributed by atoms with Gasteiger partial charge in [0.2, 0.25) is 0 Å². The minimum atomic E-state index is 0.996. The predicted octanol–water partition coefficient (Wildman–Crippen LogP) is 4.56. The minimum absolute atomic E-state index is 0.996. The van der Waals surface area contributed by atoms with E-state index < -0.39 is 0 Å². The van der Waals surface area contributed by atoms with Crippen molar-refractivity contribution in [3.8, 4) is 0 Å². The molecule has 12 heavy (non-hydrogen) atoms. The summed E-state index contributed by atoms with van der Waals surface area (Å²) < 4.78 is 0. The van der Waals surface area contributed by atoms with Gasteiger partial charge in [0.15, 0.2) is 0 Å². The van der Waals surface area contributed by atoms with Crippen molar-refractivity contribution in [3.05, 3.63) is 13.3 Å². The van der Waals surface area contributed by atoms with Gasteiger partial charge in [0, 0.05) is 0 Å². The molecule has 2 radical (unpaired) electrons. The lowest BCUT2D eigenvalue weighted by Gasteiger charge is -1.99. The quantitative estimate of drug-likeness (QED) is 0.443. The molecule has 0 atom stereocenters. The summed E-state index contributed by atoms with van der Waals surface area (Å²) in [6.07, 6.45) is 14.4. The lowest BCUT2D eigenvalue weighted by molar-refractivity contribution is 0.586. The Morgan fingerprint density at radius 1 is 0.917 bits per heavy atom. The Kier molecular flexibility index (Phi) is 11.0. The van der Waals surface area contributed by atoms with E-state index in [0.29, 0.717) is 0 Å². The molecule has 0 aromatic heterocycles. The first kappa shape index (κ1) is 12.0. The van der Waals surface area contributed by atoms with Gasteiger partial charge in [-0.05, 0) is 6.42 Å². The van der Waals surface area contributed by atoms with Crippen molar-refractivity contribution >= 4 is 0 Å². The van der Waals surface area contributed by atoms with Gasteiger partial charge in [-0.1, -0.05) is 71.6 Å². The molecule has 0 aliphatic rings. The highest BCUT2D eigenvalue weighted by Gasteiger charge is 1.90. The van der Waals surface area contributed by atoms with Gasteiger partial charge in [-0.25, -0.2) is 0 Å². The summed E-state index contributed by atoms with van der Waals surface area (Å²) in [4.78, 5) is 0. The van der Waals surface area contributed by atoms with Crippen LogP contribution in [0.5, 0.6) is 0 Å². The average molecular weight is 168 g/mol. The van der Waals surface area contributed by atoms with E-state index in [-0.39, 0.29) is 0 Å². The molecule has 0 N–H and O–H groups in total. The SMILES string of the molecule is [CH2]C[CH]CCCCCCCCC. The Morgan fingerprint density at radius 3 is 2.08 bits per heavy atom. The fourth-order valence-electron chi connectivity index (χ4n) is 1.39. The summed E-state index contributed by atoms with van der Waals surface area (Å²) in [5.41, 5.74) is 0. The molecule has 72 valence electrons. The molecule has 0 amide bonds. The first-order valence-corrected chi connectivity index (χ1v) is 5.52. The highest BCUT2D eigenvalue weighted by Crippen LogP contribution is 2.09. The molecule has 0 aromatic carbocycles. The number of unbranched alkanes of at least 4 members (excludes halogenated alkanes) is 9. The Morgan fingerprint density at radius 2 is 1.50 bits per heavy atom. The second kappa shape index (κ2) is 11.0. The third-order valence-corrected chi connectivity index (χ3v) is 2.22. The van der Waals surface area contributed by atoms with Crippen molar-refractivity contribution in [3.63, 3.8) is 0 Å². The largest absolute Gasteiger partial charge is 0.0654 e. The molecule has 0 aromatic rings. The molecule has 0 spiro atoms. The number of hydrogen-bond donors (Lipinski definition) is 0. The third-order valence-electron chi connectivity index (χ3n) is 2.22. The standard InChI is InChI=1S/C12H24/c1-3-5-7-9-11-12-10-8-6-4-2/h5H,1,3-4,6-12H2,2H3. The van der Waals surface area contributed by atoms with E-state index in [2.05, 4.69) is 20.3 Å². The molecule has 0 aliphatic heterocycles. The van der Waals surface area contributed by atoms with Crippen LogP contribution in [0.15, 0.2) is 0 Å². The van der Waals surface area contributed by atoms with E-state index in [1.165, 1.54) is 51.4 Å². The third kappa shape index (κ3) is 10.0. The Hall–Kier alpha value is 0. The zero-order valence-electron chi connectivity index (χ0n) is 8.65. The Bertz CT molecular complexity index is 56.4. The lowest BCUT2D eigenvalue weighted by atomic mass is 10.1. The Labute approximate surface area is 78.8 Å². The summed E-state index contributed by atoms with van der Waals surface area (Å²) in [6, 6.07) is 0. The zero-order chi connectivity index (χ0) is 9.07. The fraction of sp³-hybridized carbons (Fsp3) is 0.833. The monoisotopic (exact) mass is 168 g/mol. The molecular weight excluding hydrogens is 144 g/mol. The van der Waals surface area contributed by atoms with Gasteiger partial charge in [0.1, 0.15) is 0 Å². The van der Waals surface area contributed by atoms with Crippen LogP contribution in [-0.2, 0) is 0 Å². The first-order chi connectivity index (χ1) is 5.91. The first-order valence-electron chi connectivity index (χ1n) is 5.52. The van der Waals surface area contributed by atoms with Crippen molar-refractivity contribution in [2.24, 2.45) is 0 Å². The van der Waals surface area contributed by atoms with Gasteiger partial charge in [0.25, 0.3) is 0 Å². The molecular formula is C12H24. The molecule has 0 heterocycles. The maximum atomic E-state index is 3.79. The van der Waals surface area contributed by atoms with Crippen LogP contribution in [0.1, 0.15) is 64.7 Å². The van der Waals surface area contributed by atoms with Crippen LogP contribution in [-0.4, -0.2) is 0 Å². The van der Waals surface area contributed by atoms with Crippen LogP contribution in [0, 0.1) is 13.3 Å². The van der Waals surface area contributed by atoms with Gasteiger partial charge in [-0.15, -0.1) is 0 Å². The summed E-state index contributed by atoms with van der Waals surface area (Å²) >= 11 is 0. The highest BCUT2D eigenvalue weighted by atomic mass is 14.0. The predicted molar refractivity (Wildman–Crippen MR) is 56.9 cm³/mol. The molecule has 0 rings (SSSR count). The van der Waals surface area contributed by atoms with Crippen molar-refractivity contribution < 1.29 is 0 Å². The van der Waals surface area contributed by atoms with Crippen LogP contribution in [0.4, 0.5) is 0 Å². The van der Waals surface area contributed by atoms with E-state index in [0.717, 1.165) is 6.42 Å². The van der Waals surface area contributed by atoms with Gasteiger partial charge >= 0.3 is 0 Å². The summed E-state index contributed by atoms with van der Waals surface area (Å²) in [5, 5.41) is 0. The maximum Gasteiger partial charge on any atom is -0.0386 e. The number of hydrogen-bond acceptors (Lipinski definition) is 0.